The van der Waals surface area contributed by atoms with Crippen molar-refractivity contribution in [3.8, 4) is 0 Å². The van der Waals surface area contributed by atoms with Crippen LogP contribution in [0.5, 0.6) is 0 Å². The molecule has 7 rings (SSSR count). The van der Waals surface area contributed by atoms with Gasteiger partial charge < -0.3 is 14.7 Å². The van der Waals surface area contributed by atoms with E-state index in [1.807, 2.05) is 109 Å². The molecule has 0 aliphatic heterocycles. The molecule has 0 amide bonds. The second-order valence-corrected chi connectivity index (χ2v) is 11.7. The van der Waals surface area contributed by atoms with E-state index in [0.29, 0.717) is 57.1 Å². The number of anilines is 3. The Morgan fingerprint density at radius 2 is 0.471 bits per heavy atom. The Morgan fingerprint density at radius 1 is 0.275 bits per heavy atom. The number of pyridine rings is 6. The molecule has 51 heavy (non-hydrogen) atoms. The number of rotatable bonds is 15. The predicted molar refractivity (Wildman–Crippen MR) is 195 cm³/mol. The van der Waals surface area contributed by atoms with Gasteiger partial charge >= 0.3 is 0 Å². The third-order valence-corrected chi connectivity index (χ3v) is 7.92. The van der Waals surface area contributed by atoms with Crippen molar-refractivity contribution in [2.24, 2.45) is 0 Å². The smallest absolute Gasteiger partial charge is 0.232 e. The van der Waals surface area contributed by atoms with Crippen molar-refractivity contribution in [2.45, 2.75) is 39.3 Å². The number of hydrogen-bond donors (Lipinski definition) is 0. The lowest BCUT2D eigenvalue weighted by molar-refractivity contribution is 0.681. The fraction of sp³-hybridized carbons (Fsp3) is 0.154. The van der Waals surface area contributed by atoms with Gasteiger partial charge in [0.2, 0.25) is 17.8 Å². The highest BCUT2D eigenvalue weighted by atomic mass is 15.4. The summed E-state index contributed by atoms with van der Waals surface area (Å²) in [7, 11) is 0. The molecule has 12 heteroatoms. The van der Waals surface area contributed by atoms with E-state index in [2.05, 4.69) is 44.6 Å². The minimum atomic E-state index is 0.446. The zero-order chi connectivity index (χ0) is 34.5. The topological polar surface area (TPSA) is 126 Å². The molecule has 0 N–H and O–H groups in total. The van der Waals surface area contributed by atoms with E-state index in [4.69, 9.17) is 15.0 Å². The fourth-order valence-corrected chi connectivity index (χ4v) is 5.48. The molecule has 0 bridgehead atoms. The molecule has 7 heterocycles. The Kier molecular flexibility index (Phi) is 10.7. The van der Waals surface area contributed by atoms with Gasteiger partial charge in [-0.2, -0.15) is 15.0 Å². The third kappa shape index (κ3) is 9.27. The molecule has 0 spiro atoms. The van der Waals surface area contributed by atoms with Crippen LogP contribution in [0.1, 0.15) is 34.2 Å². The van der Waals surface area contributed by atoms with E-state index in [0.717, 1.165) is 34.2 Å². The van der Waals surface area contributed by atoms with Crippen molar-refractivity contribution < 1.29 is 0 Å². The van der Waals surface area contributed by atoms with Gasteiger partial charge in [-0.25, -0.2) is 0 Å². The second-order valence-electron chi connectivity index (χ2n) is 11.7. The van der Waals surface area contributed by atoms with E-state index < -0.39 is 0 Å². The normalized spacial score (nSPS) is 10.8. The van der Waals surface area contributed by atoms with Gasteiger partial charge in [-0.3, -0.25) is 29.9 Å². The van der Waals surface area contributed by atoms with Crippen LogP contribution in [0, 0.1) is 0 Å². The van der Waals surface area contributed by atoms with Crippen LogP contribution in [-0.2, 0) is 39.3 Å². The summed E-state index contributed by atoms with van der Waals surface area (Å²) in [6, 6.07) is 35.3. The first-order chi connectivity index (χ1) is 25.2. The van der Waals surface area contributed by atoms with E-state index in [1.54, 1.807) is 37.2 Å². The van der Waals surface area contributed by atoms with Crippen LogP contribution in [-0.4, -0.2) is 44.9 Å². The number of nitrogens with zero attached hydrogens (tertiary/aromatic N) is 12. The molecule has 0 atom stereocenters. The Labute approximate surface area is 296 Å². The van der Waals surface area contributed by atoms with Gasteiger partial charge in [-0.05, 0) is 72.8 Å². The monoisotopic (exact) mass is 672 g/mol. The van der Waals surface area contributed by atoms with Crippen molar-refractivity contribution in [1.29, 1.82) is 0 Å². The van der Waals surface area contributed by atoms with Crippen LogP contribution in [0.2, 0.25) is 0 Å². The van der Waals surface area contributed by atoms with Crippen LogP contribution < -0.4 is 14.7 Å². The highest BCUT2D eigenvalue weighted by molar-refractivity contribution is 5.48. The first kappa shape index (κ1) is 32.8. The zero-order valence-corrected chi connectivity index (χ0v) is 28.0. The molecule has 0 aliphatic carbocycles. The quantitative estimate of drug-likeness (QED) is 0.129. The fourth-order valence-electron chi connectivity index (χ4n) is 5.48. The average molecular weight is 673 g/mol. The summed E-state index contributed by atoms with van der Waals surface area (Å²) in [4.78, 5) is 49.6. The standard InChI is InChI=1S/C39H36N12/c1-7-19-40-31(13-1)25-49(26-32-14-2-8-20-41-32)37-46-38(50(27-33-15-3-9-21-42-33)28-34-16-4-10-22-43-34)48-39(47-37)51(29-35-17-5-11-23-44-35)30-36-18-6-12-24-45-36/h1-24H,25-30H2. The summed E-state index contributed by atoms with van der Waals surface area (Å²) in [6.45, 7) is 2.67. The molecule has 0 aromatic carbocycles. The van der Waals surface area contributed by atoms with Crippen LogP contribution in [0.3, 0.4) is 0 Å². The van der Waals surface area contributed by atoms with Crippen molar-refractivity contribution in [3.05, 3.63) is 181 Å². The first-order valence-electron chi connectivity index (χ1n) is 16.7. The lowest BCUT2D eigenvalue weighted by atomic mass is 10.3. The maximum absolute atomic E-state index is 5.18. The molecule has 7 aromatic rings. The van der Waals surface area contributed by atoms with E-state index in [1.165, 1.54) is 0 Å². The summed E-state index contributed by atoms with van der Waals surface area (Å²) in [5.74, 6) is 1.43. The van der Waals surface area contributed by atoms with Crippen LogP contribution in [0.25, 0.3) is 0 Å². The summed E-state index contributed by atoms with van der Waals surface area (Å²) < 4.78 is 0. The molecule has 12 nitrogen and oxygen atoms in total. The average Bonchev–Trinajstić information content (AvgIpc) is 3.19. The van der Waals surface area contributed by atoms with E-state index >= 15 is 0 Å². The van der Waals surface area contributed by atoms with E-state index in [9.17, 15) is 0 Å². The molecular weight excluding hydrogens is 637 g/mol. The lowest BCUT2D eigenvalue weighted by Gasteiger charge is -2.29. The van der Waals surface area contributed by atoms with E-state index in [-0.39, 0.29) is 0 Å². The summed E-state index contributed by atoms with van der Waals surface area (Å²) in [6.07, 6.45) is 10.8. The predicted octanol–water partition coefficient (Wildman–Crippen LogP) is 5.86. The molecule has 252 valence electrons. The Hall–Kier alpha value is -6.69. The minimum Gasteiger partial charge on any atom is -0.329 e. The van der Waals surface area contributed by atoms with Gasteiger partial charge in [0.15, 0.2) is 0 Å². The van der Waals surface area contributed by atoms with Crippen LogP contribution >= 0.6 is 0 Å². The Morgan fingerprint density at radius 3 is 0.627 bits per heavy atom. The minimum absolute atomic E-state index is 0.446. The molecule has 0 unspecified atom stereocenters. The summed E-state index contributed by atoms with van der Waals surface area (Å²) >= 11 is 0. The highest BCUT2D eigenvalue weighted by Gasteiger charge is 2.23. The second kappa shape index (κ2) is 16.6. The maximum Gasteiger partial charge on any atom is 0.232 e. The number of hydrogen-bond acceptors (Lipinski definition) is 12. The van der Waals surface area contributed by atoms with Crippen molar-refractivity contribution >= 4 is 17.8 Å². The summed E-state index contributed by atoms with van der Waals surface area (Å²) in [5.41, 5.74) is 5.22. The first-order valence-corrected chi connectivity index (χ1v) is 16.7. The van der Waals surface area contributed by atoms with Gasteiger partial charge in [0.1, 0.15) is 0 Å². The molecule has 0 aliphatic rings. The molecule has 0 saturated heterocycles. The Balaban J connectivity index is 1.37. The van der Waals surface area contributed by atoms with Gasteiger partial charge in [0, 0.05) is 37.2 Å². The molecular formula is C39H36N12. The molecule has 0 saturated carbocycles. The van der Waals surface area contributed by atoms with Crippen LogP contribution in [0.4, 0.5) is 17.8 Å². The van der Waals surface area contributed by atoms with Crippen LogP contribution in [0.15, 0.2) is 146 Å². The van der Waals surface area contributed by atoms with Crippen molar-refractivity contribution in [1.82, 2.24) is 44.9 Å². The molecule has 0 radical (unpaired) electrons. The lowest BCUT2D eigenvalue weighted by Crippen LogP contribution is -2.32. The largest absolute Gasteiger partial charge is 0.329 e. The van der Waals surface area contributed by atoms with Crippen molar-refractivity contribution in [2.75, 3.05) is 14.7 Å². The van der Waals surface area contributed by atoms with Gasteiger partial charge in [-0.15, -0.1) is 0 Å². The van der Waals surface area contributed by atoms with Crippen molar-refractivity contribution in [3.63, 3.8) is 0 Å². The van der Waals surface area contributed by atoms with Gasteiger partial charge in [0.25, 0.3) is 0 Å². The Bertz CT molecular complexity index is 1680. The third-order valence-electron chi connectivity index (χ3n) is 7.92. The summed E-state index contributed by atoms with van der Waals surface area (Å²) in [5, 5.41) is 0. The van der Waals surface area contributed by atoms with Gasteiger partial charge in [0.05, 0.1) is 73.4 Å². The number of aromatic nitrogens is 9. The SMILES string of the molecule is c1ccc(CN(Cc2ccccn2)c2nc(N(Cc3ccccn3)Cc3ccccn3)nc(N(Cc3ccccn3)Cc3ccccn3)n2)nc1. The molecule has 7 aromatic heterocycles. The van der Waals surface area contributed by atoms with Gasteiger partial charge in [-0.1, -0.05) is 36.4 Å². The highest BCUT2D eigenvalue weighted by Crippen LogP contribution is 2.26. The maximum atomic E-state index is 5.18. The zero-order valence-electron chi connectivity index (χ0n) is 28.0. The molecule has 0 fully saturated rings.